The van der Waals surface area contributed by atoms with E-state index in [2.05, 4.69) is 19.7 Å². The Kier molecular flexibility index (Phi) is 4.66. The zero-order chi connectivity index (χ0) is 18.9. The molecule has 0 fully saturated rings. The minimum absolute atomic E-state index is 0.0914. The van der Waals surface area contributed by atoms with Crippen molar-refractivity contribution < 1.29 is 13.3 Å². The molecule has 2 heterocycles. The highest BCUT2D eigenvalue weighted by atomic mass is 32.2. The quantitative estimate of drug-likeness (QED) is 0.523. The highest BCUT2D eigenvalue weighted by Crippen LogP contribution is 2.28. The molecule has 26 heavy (non-hydrogen) atoms. The second kappa shape index (κ2) is 6.77. The lowest BCUT2D eigenvalue weighted by molar-refractivity contribution is -0.384. The number of nitro benzene ring substituents is 1. The number of aryl methyl sites for hydroxylation is 2. The number of aromatic nitrogens is 3. The molecule has 3 rings (SSSR count). The topological polar surface area (TPSA) is 128 Å². The van der Waals surface area contributed by atoms with E-state index in [4.69, 9.17) is 0 Å². The van der Waals surface area contributed by atoms with Crippen molar-refractivity contribution in [3.05, 3.63) is 57.3 Å². The third kappa shape index (κ3) is 3.68. The van der Waals surface area contributed by atoms with Crippen LogP contribution >= 0.6 is 11.3 Å². The predicted molar refractivity (Wildman–Crippen MR) is 96.5 cm³/mol. The van der Waals surface area contributed by atoms with E-state index in [1.54, 1.807) is 6.07 Å². The number of nitrogens with zero attached hydrogens (tertiary/aromatic N) is 4. The van der Waals surface area contributed by atoms with Gasteiger partial charge in [-0.2, -0.15) is 0 Å². The highest BCUT2D eigenvalue weighted by molar-refractivity contribution is 7.92. The molecule has 0 saturated heterocycles. The molecule has 0 atom stereocenters. The maximum atomic E-state index is 12.4. The number of anilines is 1. The molecular formula is C15H13N5O4S2. The van der Waals surface area contributed by atoms with Gasteiger partial charge in [0.05, 0.1) is 31.1 Å². The van der Waals surface area contributed by atoms with Gasteiger partial charge in [0.25, 0.3) is 15.7 Å². The summed E-state index contributed by atoms with van der Waals surface area (Å²) < 4.78 is 27.1. The van der Waals surface area contributed by atoms with Crippen LogP contribution in [0.5, 0.6) is 0 Å². The fourth-order valence-electron chi connectivity index (χ4n) is 2.23. The second-order valence-corrected chi connectivity index (χ2v) is 8.16. The SMILES string of the molecule is Cc1nc(C)c(-c2ccnc(NS(=O)(=O)c3ccc([N+](=O)[O-])cc3)n2)s1. The summed E-state index contributed by atoms with van der Waals surface area (Å²) in [5, 5.41) is 11.5. The molecule has 2 aromatic heterocycles. The van der Waals surface area contributed by atoms with Crippen LogP contribution in [0.1, 0.15) is 10.7 Å². The number of rotatable bonds is 5. The number of non-ortho nitro benzene ring substituents is 1. The second-order valence-electron chi connectivity index (χ2n) is 5.27. The van der Waals surface area contributed by atoms with Gasteiger partial charge in [-0.3, -0.25) is 10.1 Å². The number of sulfonamides is 1. The summed E-state index contributed by atoms with van der Waals surface area (Å²) >= 11 is 1.45. The third-order valence-electron chi connectivity index (χ3n) is 3.38. The van der Waals surface area contributed by atoms with E-state index >= 15 is 0 Å². The molecule has 9 nitrogen and oxygen atoms in total. The Morgan fingerprint density at radius 1 is 1.12 bits per heavy atom. The maximum Gasteiger partial charge on any atom is 0.269 e. The van der Waals surface area contributed by atoms with Crippen LogP contribution in [0.25, 0.3) is 10.6 Å². The molecule has 1 N–H and O–H groups in total. The van der Waals surface area contributed by atoms with Gasteiger partial charge in [0.15, 0.2) is 0 Å². The van der Waals surface area contributed by atoms with Gasteiger partial charge in [-0.25, -0.2) is 28.1 Å². The Bertz CT molecular complexity index is 1080. The van der Waals surface area contributed by atoms with Crippen LogP contribution in [0.15, 0.2) is 41.4 Å². The van der Waals surface area contributed by atoms with Crippen LogP contribution in [0.3, 0.4) is 0 Å². The predicted octanol–water partition coefficient (Wildman–Crippen LogP) is 2.93. The summed E-state index contributed by atoms with van der Waals surface area (Å²) in [6, 6.07) is 6.22. The summed E-state index contributed by atoms with van der Waals surface area (Å²) in [6.07, 6.45) is 1.45. The fourth-order valence-corrected chi connectivity index (χ4v) is 4.07. The van der Waals surface area contributed by atoms with Gasteiger partial charge in [-0.05, 0) is 32.0 Å². The molecule has 0 aliphatic heterocycles. The van der Waals surface area contributed by atoms with E-state index in [-0.39, 0.29) is 16.5 Å². The van der Waals surface area contributed by atoms with Crippen molar-refractivity contribution in [3.8, 4) is 10.6 Å². The van der Waals surface area contributed by atoms with Crippen molar-refractivity contribution in [1.29, 1.82) is 0 Å². The summed E-state index contributed by atoms with van der Waals surface area (Å²) in [7, 11) is -3.97. The minimum Gasteiger partial charge on any atom is -0.258 e. The van der Waals surface area contributed by atoms with E-state index in [9.17, 15) is 18.5 Å². The summed E-state index contributed by atoms with van der Waals surface area (Å²) in [5.74, 6) is -0.0914. The van der Waals surface area contributed by atoms with Crippen LogP contribution in [-0.2, 0) is 10.0 Å². The molecule has 0 radical (unpaired) electrons. The van der Waals surface area contributed by atoms with Gasteiger partial charge in [0.1, 0.15) is 0 Å². The molecule has 3 aromatic rings. The van der Waals surface area contributed by atoms with E-state index in [1.807, 2.05) is 13.8 Å². The summed E-state index contributed by atoms with van der Waals surface area (Å²) in [6.45, 7) is 3.72. The zero-order valence-electron chi connectivity index (χ0n) is 13.7. The van der Waals surface area contributed by atoms with E-state index in [0.717, 1.165) is 39.8 Å². The first-order chi connectivity index (χ1) is 12.3. The van der Waals surface area contributed by atoms with Gasteiger partial charge < -0.3 is 0 Å². The number of hydrogen-bond acceptors (Lipinski definition) is 8. The fraction of sp³-hybridized carbons (Fsp3) is 0.133. The molecule has 1 aromatic carbocycles. The van der Waals surface area contributed by atoms with Gasteiger partial charge in [0, 0.05) is 18.3 Å². The lowest BCUT2D eigenvalue weighted by Gasteiger charge is -2.07. The van der Waals surface area contributed by atoms with Crippen molar-refractivity contribution in [2.75, 3.05) is 4.72 Å². The molecule has 0 spiro atoms. The lowest BCUT2D eigenvalue weighted by Crippen LogP contribution is -2.15. The highest BCUT2D eigenvalue weighted by Gasteiger charge is 2.18. The van der Waals surface area contributed by atoms with Crippen LogP contribution in [0.4, 0.5) is 11.6 Å². The van der Waals surface area contributed by atoms with Crippen molar-refractivity contribution in [3.63, 3.8) is 0 Å². The Morgan fingerprint density at radius 3 is 2.38 bits per heavy atom. The molecular weight excluding hydrogens is 378 g/mol. The largest absolute Gasteiger partial charge is 0.269 e. The smallest absolute Gasteiger partial charge is 0.258 e. The molecule has 0 unspecified atom stereocenters. The molecule has 0 saturated carbocycles. The Morgan fingerprint density at radius 2 is 1.81 bits per heavy atom. The summed E-state index contributed by atoms with van der Waals surface area (Å²) in [5.41, 5.74) is 1.16. The monoisotopic (exact) mass is 391 g/mol. The average Bonchev–Trinajstić information content (AvgIpc) is 2.93. The van der Waals surface area contributed by atoms with Gasteiger partial charge in [-0.1, -0.05) is 0 Å². The van der Waals surface area contributed by atoms with Crippen LogP contribution in [-0.4, -0.2) is 28.3 Å². The van der Waals surface area contributed by atoms with Gasteiger partial charge >= 0.3 is 0 Å². The van der Waals surface area contributed by atoms with E-state index < -0.39 is 14.9 Å². The zero-order valence-corrected chi connectivity index (χ0v) is 15.3. The van der Waals surface area contributed by atoms with Gasteiger partial charge in [-0.15, -0.1) is 11.3 Å². The standard InChI is InChI=1S/C15H13N5O4S2/c1-9-14(25-10(2)17-9)13-7-8-16-15(18-13)19-26(23,24)12-5-3-11(4-6-12)20(21)22/h3-8H,1-2H3,(H,16,18,19). The van der Waals surface area contributed by atoms with Crippen molar-refractivity contribution in [1.82, 2.24) is 15.0 Å². The molecule has 0 amide bonds. The first kappa shape index (κ1) is 17.9. The Labute approximate surface area is 153 Å². The van der Waals surface area contributed by atoms with Crippen LogP contribution in [0, 0.1) is 24.0 Å². The molecule has 11 heteroatoms. The molecule has 0 aliphatic rings. The van der Waals surface area contributed by atoms with Crippen molar-refractivity contribution in [2.24, 2.45) is 0 Å². The van der Waals surface area contributed by atoms with E-state index in [0.29, 0.717) is 5.69 Å². The van der Waals surface area contributed by atoms with Crippen molar-refractivity contribution in [2.45, 2.75) is 18.7 Å². The third-order valence-corrected chi connectivity index (χ3v) is 5.81. The number of benzene rings is 1. The first-order valence-electron chi connectivity index (χ1n) is 7.31. The van der Waals surface area contributed by atoms with Crippen LogP contribution in [0.2, 0.25) is 0 Å². The Hall–Kier alpha value is -2.92. The first-order valence-corrected chi connectivity index (χ1v) is 9.61. The lowest BCUT2D eigenvalue weighted by atomic mass is 10.3. The molecule has 0 bridgehead atoms. The number of thiazole rings is 1. The van der Waals surface area contributed by atoms with Gasteiger partial charge in [0.2, 0.25) is 5.95 Å². The number of nitro groups is 1. The Balaban J connectivity index is 1.89. The maximum absolute atomic E-state index is 12.4. The minimum atomic E-state index is -3.97. The average molecular weight is 391 g/mol. The van der Waals surface area contributed by atoms with Crippen LogP contribution < -0.4 is 4.72 Å². The van der Waals surface area contributed by atoms with E-state index in [1.165, 1.54) is 17.5 Å². The summed E-state index contributed by atoms with van der Waals surface area (Å²) in [4.78, 5) is 23.3. The molecule has 134 valence electrons. The molecule has 0 aliphatic carbocycles. The van der Waals surface area contributed by atoms with Crippen molar-refractivity contribution >= 4 is 33.0 Å². The number of nitrogens with one attached hydrogen (secondary N) is 1. The number of hydrogen-bond donors (Lipinski definition) is 1. The normalized spacial score (nSPS) is 11.3.